The molecule has 0 saturated heterocycles. The number of rotatable bonds is 6. The van der Waals surface area contributed by atoms with Crippen LogP contribution in [0.3, 0.4) is 0 Å². The maximum atomic E-state index is 13.4. The van der Waals surface area contributed by atoms with E-state index < -0.39 is 17.7 Å². The average molecular weight is 269 g/mol. The van der Waals surface area contributed by atoms with Gasteiger partial charge in [-0.3, -0.25) is 4.79 Å². The van der Waals surface area contributed by atoms with Gasteiger partial charge in [0.05, 0.1) is 6.10 Å². The molecule has 104 valence electrons. The molecule has 0 heterocycles. The zero-order chi connectivity index (χ0) is 13.8. The molecular weight excluding hydrogens is 252 g/mol. The average Bonchev–Trinajstić information content (AvgIpc) is 3.16. The maximum Gasteiger partial charge on any atom is 0.220 e. The van der Waals surface area contributed by atoms with E-state index >= 15 is 0 Å². The molecule has 1 amide bonds. The van der Waals surface area contributed by atoms with Crippen molar-refractivity contribution < 1.29 is 18.7 Å². The molecule has 1 aliphatic carbocycles. The molecule has 1 fully saturated rings. The summed E-state index contributed by atoms with van der Waals surface area (Å²) in [6.45, 7) is 0. The number of hydrogen-bond donors (Lipinski definition) is 2. The number of aliphatic hydroxyl groups excluding tert-OH is 1. The highest BCUT2D eigenvalue weighted by Gasteiger charge is 2.23. The lowest BCUT2D eigenvalue weighted by Crippen LogP contribution is -2.25. The summed E-state index contributed by atoms with van der Waals surface area (Å²) in [6.07, 6.45) is 1.95. The normalized spacial score (nSPS) is 16.2. The van der Waals surface area contributed by atoms with Crippen molar-refractivity contribution in [3.63, 3.8) is 0 Å². The van der Waals surface area contributed by atoms with Crippen LogP contribution < -0.4 is 5.32 Å². The minimum Gasteiger partial charge on any atom is -0.388 e. The summed E-state index contributed by atoms with van der Waals surface area (Å²) >= 11 is 0. The number of amides is 1. The lowest BCUT2D eigenvalue weighted by molar-refractivity contribution is -0.121. The van der Waals surface area contributed by atoms with Crippen molar-refractivity contribution in [2.24, 2.45) is 0 Å². The van der Waals surface area contributed by atoms with Crippen LogP contribution in [0.25, 0.3) is 0 Å². The van der Waals surface area contributed by atoms with Crippen molar-refractivity contribution in [3.8, 4) is 0 Å². The first-order chi connectivity index (χ1) is 9.06. The van der Waals surface area contributed by atoms with Crippen LogP contribution in [0.15, 0.2) is 18.2 Å². The zero-order valence-electron chi connectivity index (χ0n) is 10.5. The first-order valence-corrected chi connectivity index (χ1v) is 6.48. The van der Waals surface area contributed by atoms with Crippen LogP contribution in [0.4, 0.5) is 8.78 Å². The number of carbonyl (C=O) groups is 1. The van der Waals surface area contributed by atoms with Gasteiger partial charge >= 0.3 is 0 Å². The Hall–Kier alpha value is -1.49. The highest BCUT2D eigenvalue weighted by atomic mass is 19.1. The predicted octanol–water partition coefficient (Wildman–Crippen LogP) is 2.45. The predicted molar refractivity (Wildman–Crippen MR) is 66.3 cm³/mol. The third kappa shape index (κ3) is 4.28. The zero-order valence-corrected chi connectivity index (χ0v) is 10.5. The minimum atomic E-state index is -1.08. The van der Waals surface area contributed by atoms with Gasteiger partial charge in [-0.2, -0.15) is 0 Å². The van der Waals surface area contributed by atoms with Gasteiger partial charge in [-0.25, -0.2) is 8.78 Å². The molecule has 1 atom stereocenters. The van der Waals surface area contributed by atoms with Gasteiger partial charge in [0.1, 0.15) is 11.6 Å². The van der Waals surface area contributed by atoms with Gasteiger partial charge in [-0.15, -0.1) is 0 Å². The fraction of sp³-hybridized carbons (Fsp3) is 0.500. The molecule has 0 spiro atoms. The fourth-order valence-electron chi connectivity index (χ4n) is 1.91. The smallest absolute Gasteiger partial charge is 0.220 e. The molecule has 1 aromatic carbocycles. The van der Waals surface area contributed by atoms with Crippen LogP contribution in [0, 0.1) is 11.6 Å². The monoisotopic (exact) mass is 269 g/mol. The summed E-state index contributed by atoms with van der Waals surface area (Å²) in [5.41, 5.74) is -0.0531. The Kier molecular flexibility index (Phi) is 4.47. The van der Waals surface area contributed by atoms with Crippen molar-refractivity contribution in [1.29, 1.82) is 0 Å². The van der Waals surface area contributed by atoms with Crippen molar-refractivity contribution in [2.45, 2.75) is 44.2 Å². The van der Waals surface area contributed by atoms with Crippen LogP contribution >= 0.6 is 0 Å². The second-order valence-electron chi connectivity index (χ2n) is 4.92. The standard InChI is InChI=1S/C14H17F2NO2/c15-9-4-7-12(16)11(8-9)13(18)2-1-3-14(19)17-10-5-6-10/h4,7-8,10,13,18H,1-3,5-6H2,(H,17,19). The molecule has 0 aliphatic heterocycles. The lowest BCUT2D eigenvalue weighted by atomic mass is 10.0. The summed E-state index contributed by atoms with van der Waals surface area (Å²) < 4.78 is 26.3. The molecule has 0 bridgehead atoms. The molecule has 1 saturated carbocycles. The molecule has 5 heteroatoms. The van der Waals surface area contributed by atoms with Crippen molar-refractivity contribution in [1.82, 2.24) is 5.32 Å². The molecule has 2 N–H and O–H groups in total. The van der Waals surface area contributed by atoms with E-state index in [1.54, 1.807) is 0 Å². The molecule has 1 unspecified atom stereocenters. The van der Waals surface area contributed by atoms with E-state index in [1.807, 2.05) is 0 Å². The minimum absolute atomic E-state index is 0.0468. The SMILES string of the molecule is O=C(CCCC(O)c1cc(F)ccc1F)NC1CC1. The summed E-state index contributed by atoms with van der Waals surface area (Å²) in [5, 5.41) is 12.6. The highest BCUT2D eigenvalue weighted by molar-refractivity contribution is 5.76. The Bertz CT molecular complexity index is 461. The van der Waals surface area contributed by atoms with Crippen LogP contribution in [-0.2, 0) is 4.79 Å². The van der Waals surface area contributed by atoms with E-state index in [2.05, 4.69) is 5.32 Å². The third-order valence-corrected chi connectivity index (χ3v) is 3.14. The molecule has 0 radical (unpaired) electrons. The van der Waals surface area contributed by atoms with Gasteiger partial charge in [0.25, 0.3) is 0 Å². The summed E-state index contributed by atoms with van der Waals surface area (Å²) in [6, 6.07) is 3.31. The topological polar surface area (TPSA) is 49.3 Å². The van der Waals surface area contributed by atoms with E-state index in [9.17, 15) is 18.7 Å². The van der Waals surface area contributed by atoms with Gasteiger partial charge in [0.2, 0.25) is 5.91 Å². The molecule has 3 nitrogen and oxygen atoms in total. The number of nitrogens with one attached hydrogen (secondary N) is 1. The molecule has 1 aliphatic rings. The Morgan fingerprint density at radius 3 is 2.84 bits per heavy atom. The van der Waals surface area contributed by atoms with E-state index in [4.69, 9.17) is 0 Å². The largest absolute Gasteiger partial charge is 0.388 e. The Balaban J connectivity index is 1.78. The van der Waals surface area contributed by atoms with Gasteiger partial charge in [-0.1, -0.05) is 0 Å². The quantitative estimate of drug-likeness (QED) is 0.833. The van der Waals surface area contributed by atoms with Crippen LogP contribution in [0.1, 0.15) is 43.8 Å². The Morgan fingerprint density at radius 2 is 2.16 bits per heavy atom. The summed E-state index contributed by atoms with van der Waals surface area (Å²) in [7, 11) is 0. The number of aliphatic hydroxyl groups is 1. The first kappa shape index (κ1) is 13.9. The van der Waals surface area contributed by atoms with Gasteiger partial charge in [-0.05, 0) is 43.9 Å². The number of hydrogen-bond acceptors (Lipinski definition) is 2. The molecule has 2 rings (SSSR count). The summed E-state index contributed by atoms with van der Waals surface area (Å²) in [5.74, 6) is -1.26. The van der Waals surface area contributed by atoms with Crippen molar-refractivity contribution in [3.05, 3.63) is 35.4 Å². The highest BCUT2D eigenvalue weighted by Crippen LogP contribution is 2.23. The fourth-order valence-corrected chi connectivity index (χ4v) is 1.91. The van der Waals surface area contributed by atoms with E-state index in [-0.39, 0.29) is 17.9 Å². The Morgan fingerprint density at radius 1 is 1.42 bits per heavy atom. The second-order valence-corrected chi connectivity index (χ2v) is 4.92. The number of halogens is 2. The molecule has 0 aromatic heterocycles. The van der Waals surface area contributed by atoms with Gasteiger partial charge in [0, 0.05) is 18.0 Å². The van der Waals surface area contributed by atoms with Crippen LogP contribution in [0.2, 0.25) is 0 Å². The first-order valence-electron chi connectivity index (χ1n) is 6.48. The van der Waals surface area contributed by atoms with Crippen molar-refractivity contribution in [2.75, 3.05) is 0 Å². The maximum absolute atomic E-state index is 13.4. The van der Waals surface area contributed by atoms with E-state index in [0.717, 1.165) is 31.0 Å². The lowest BCUT2D eigenvalue weighted by Gasteiger charge is -2.12. The summed E-state index contributed by atoms with van der Waals surface area (Å²) in [4.78, 5) is 11.4. The van der Waals surface area contributed by atoms with Gasteiger partial charge < -0.3 is 10.4 Å². The Labute approximate surface area is 110 Å². The molecular formula is C14H17F2NO2. The van der Waals surface area contributed by atoms with Gasteiger partial charge in [0.15, 0.2) is 0 Å². The van der Waals surface area contributed by atoms with E-state index in [0.29, 0.717) is 18.9 Å². The van der Waals surface area contributed by atoms with Crippen LogP contribution in [0.5, 0.6) is 0 Å². The van der Waals surface area contributed by atoms with Crippen LogP contribution in [-0.4, -0.2) is 17.1 Å². The second kappa shape index (κ2) is 6.10. The third-order valence-electron chi connectivity index (χ3n) is 3.14. The van der Waals surface area contributed by atoms with Crippen molar-refractivity contribution >= 4 is 5.91 Å². The number of benzene rings is 1. The number of carbonyl (C=O) groups excluding carboxylic acids is 1. The van der Waals surface area contributed by atoms with E-state index in [1.165, 1.54) is 0 Å². The molecule has 1 aromatic rings. The molecule has 19 heavy (non-hydrogen) atoms.